The number of hydrogen-bond donors (Lipinski definition) is 1. The minimum atomic E-state index is -1.09. The van der Waals surface area contributed by atoms with Crippen molar-refractivity contribution < 1.29 is 14.3 Å². The van der Waals surface area contributed by atoms with E-state index >= 15 is 0 Å². The van der Waals surface area contributed by atoms with Crippen LogP contribution in [0.5, 0.6) is 0 Å². The van der Waals surface area contributed by atoms with E-state index in [0.717, 1.165) is 0 Å². The minimum Gasteiger partial charge on any atom is -0.478 e. The van der Waals surface area contributed by atoms with Crippen LogP contribution in [-0.4, -0.2) is 21.0 Å². The zero-order valence-corrected chi connectivity index (χ0v) is 10.2. The molecule has 1 aromatic rings. The second kappa shape index (κ2) is 4.86. The average molecular weight is 269 g/mol. The summed E-state index contributed by atoms with van der Waals surface area (Å²) in [5.41, 5.74) is 0.701. The molecule has 0 saturated carbocycles. The van der Waals surface area contributed by atoms with Gasteiger partial charge in [0.2, 0.25) is 0 Å². The van der Waals surface area contributed by atoms with Gasteiger partial charge in [0.25, 0.3) is 0 Å². The van der Waals surface area contributed by atoms with Crippen molar-refractivity contribution in [3.05, 3.63) is 46.8 Å². The van der Waals surface area contributed by atoms with Crippen LogP contribution in [0.4, 0.5) is 4.39 Å². The molecule has 1 aromatic heterocycles. The highest BCUT2D eigenvalue weighted by Gasteiger charge is 2.26. The maximum Gasteiger partial charge on any atom is 0.336 e. The van der Waals surface area contributed by atoms with Gasteiger partial charge in [0.05, 0.1) is 10.6 Å². The molecule has 0 bridgehead atoms. The molecule has 1 N–H and O–H groups in total. The zero-order valence-electron chi connectivity index (χ0n) is 9.47. The van der Waals surface area contributed by atoms with Gasteiger partial charge in [-0.15, -0.1) is 0 Å². The molecule has 0 fully saturated rings. The Labute approximate surface area is 108 Å². The van der Waals surface area contributed by atoms with Gasteiger partial charge in [-0.25, -0.2) is 14.8 Å². The van der Waals surface area contributed by atoms with Crippen molar-refractivity contribution >= 4 is 17.6 Å². The molecule has 2 atom stereocenters. The Balaban J connectivity index is 2.39. The van der Waals surface area contributed by atoms with E-state index in [1.54, 1.807) is 12.2 Å². The summed E-state index contributed by atoms with van der Waals surface area (Å²) in [6.45, 7) is 1.89. The smallest absolute Gasteiger partial charge is 0.336 e. The number of aliphatic carboxylic acids is 1. The number of halogens is 2. The first-order valence-corrected chi connectivity index (χ1v) is 5.67. The van der Waals surface area contributed by atoms with Crippen molar-refractivity contribution in [2.75, 3.05) is 0 Å². The monoisotopic (exact) mass is 268 g/mol. The van der Waals surface area contributed by atoms with E-state index < -0.39 is 12.0 Å². The SMILES string of the molecule is CC1C=C(Cl)C(C(=O)O)=CC1c1cnc(F)nc1. The van der Waals surface area contributed by atoms with E-state index in [9.17, 15) is 9.18 Å². The Kier molecular flexibility index (Phi) is 3.43. The van der Waals surface area contributed by atoms with Crippen LogP contribution < -0.4 is 0 Å². The van der Waals surface area contributed by atoms with E-state index in [2.05, 4.69) is 9.97 Å². The summed E-state index contributed by atoms with van der Waals surface area (Å²) in [5, 5.41) is 9.24. The first-order chi connectivity index (χ1) is 8.49. The highest BCUT2D eigenvalue weighted by atomic mass is 35.5. The number of aromatic nitrogens is 2. The molecule has 4 nitrogen and oxygen atoms in total. The van der Waals surface area contributed by atoms with Crippen LogP contribution in [0.2, 0.25) is 0 Å². The molecule has 0 spiro atoms. The van der Waals surface area contributed by atoms with E-state index in [0.29, 0.717) is 5.56 Å². The number of allylic oxidation sites excluding steroid dienone is 2. The molecule has 0 amide bonds. The molecular weight excluding hydrogens is 259 g/mol. The molecular formula is C12H10ClFN2O2. The normalized spacial score (nSPS) is 23.3. The summed E-state index contributed by atoms with van der Waals surface area (Å²) < 4.78 is 12.7. The molecule has 2 unspecified atom stereocenters. The van der Waals surface area contributed by atoms with Gasteiger partial charge in [-0.05, 0) is 11.5 Å². The Morgan fingerprint density at radius 1 is 1.39 bits per heavy atom. The van der Waals surface area contributed by atoms with Crippen molar-refractivity contribution in [2.24, 2.45) is 5.92 Å². The zero-order chi connectivity index (χ0) is 13.3. The molecule has 0 aromatic carbocycles. The van der Waals surface area contributed by atoms with Gasteiger partial charge in [-0.2, -0.15) is 4.39 Å². The van der Waals surface area contributed by atoms with Crippen LogP contribution in [0.15, 0.2) is 35.2 Å². The van der Waals surface area contributed by atoms with Crippen molar-refractivity contribution in [2.45, 2.75) is 12.8 Å². The Morgan fingerprint density at radius 3 is 2.56 bits per heavy atom. The lowest BCUT2D eigenvalue weighted by atomic mass is 9.83. The van der Waals surface area contributed by atoms with Gasteiger partial charge in [0, 0.05) is 18.3 Å². The van der Waals surface area contributed by atoms with E-state index in [4.69, 9.17) is 16.7 Å². The lowest BCUT2D eigenvalue weighted by molar-refractivity contribution is -0.132. The maximum atomic E-state index is 12.7. The van der Waals surface area contributed by atoms with Crippen molar-refractivity contribution in [3.8, 4) is 0 Å². The molecule has 0 radical (unpaired) electrons. The first kappa shape index (κ1) is 12.7. The molecule has 18 heavy (non-hydrogen) atoms. The molecule has 6 heteroatoms. The summed E-state index contributed by atoms with van der Waals surface area (Å²) in [4.78, 5) is 18.0. The maximum absolute atomic E-state index is 12.7. The summed E-state index contributed by atoms with van der Waals surface area (Å²) in [6, 6.07) is 0. The predicted octanol–water partition coefficient (Wildman–Crippen LogP) is 2.48. The average Bonchev–Trinajstić information content (AvgIpc) is 2.30. The highest BCUT2D eigenvalue weighted by Crippen LogP contribution is 2.35. The van der Waals surface area contributed by atoms with Crippen LogP contribution in [0, 0.1) is 12.0 Å². The number of carbonyl (C=O) groups is 1. The van der Waals surface area contributed by atoms with Gasteiger partial charge in [0.1, 0.15) is 0 Å². The summed E-state index contributed by atoms with van der Waals surface area (Å²) in [7, 11) is 0. The number of nitrogens with zero attached hydrogens (tertiary/aromatic N) is 2. The van der Waals surface area contributed by atoms with Crippen LogP contribution in [-0.2, 0) is 4.79 Å². The molecule has 0 aliphatic heterocycles. The van der Waals surface area contributed by atoms with Crippen molar-refractivity contribution in [1.29, 1.82) is 0 Å². The number of rotatable bonds is 2. The number of hydrogen-bond acceptors (Lipinski definition) is 3. The molecule has 2 rings (SSSR count). The van der Waals surface area contributed by atoms with Gasteiger partial charge in [-0.3, -0.25) is 0 Å². The Hall–Kier alpha value is -1.75. The molecule has 94 valence electrons. The van der Waals surface area contributed by atoms with Crippen molar-refractivity contribution in [1.82, 2.24) is 9.97 Å². The van der Waals surface area contributed by atoms with Crippen LogP contribution in [0.1, 0.15) is 18.4 Å². The van der Waals surface area contributed by atoms with Gasteiger partial charge in [0.15, 0.2) is 0 Å². The first-order valence-electron chi connectivity index (χ1n) is 5.29. The topological polar surface area (TPSA) is 63.1 Å². The molecule has 1 aliphatic carbocycles. The van der Waals surface area contributed by atoms with Gasteiger partial charge >= 0.3 is 12.0 Å². The summed E-state index contributed by atoms with van der Waals surface area (Å²) in [5.74, 6) is -1.31. The van der Waals surface area contributed by atoms with Crippen molar-refractivity contribution in [3.63, 3.8) is 0 Å². The number of carboxylic acid groups (broad SMARTS) is 1. The predicted molar refractivity (Wildman–Crippen MR) is 63.5 cm³/mol. The lowest BCUT2D eigenvalue weighted by Gasteiger charge is -2.23. The van der Waals surface area contributed by atoms with E-state index in [-0.39, 0.29) is 22.4 Å². The minimum absolute atomic E-state index is 0.00494. The fraction of sp³-hybridized carbons (Fsp3) is 0.250. The third-order valence-corrected chi connectivity index (χ3v) is 3.16. The lowest BCUT2D eigenvalue weighted by Crippen LogP contribution is -2.15. The fourth-order valence-corrected chi connectivity index (χ4v) is 2.25. The highest BCUT2D eigenvalue weighted by molar-refractivity contribution is 6.35. The number of carboxylic acids is 1. The second-order valence-corrected chi connectivity index (χ2v) is 4.48. The summed E-state index contributed by atoms with van der Waals surface area (Å²) >= 11 is 5.87. The fourth-order valence-electron chi connectivity index (χ4n) is 1.90. The molecule has 0 saturated heterocycles. The quantitative estimate of drug-likeness (QED) is 0.837. The standard InChI is InChI=1S/C12H10ClFN2O2/c1-6-2-10(13)9(11(17)18)3-8(6)7-4-15-12(14)16-5-7/h2-6,8H,1H3,(H,17,18). The third kappa shape index (κ3) is 2.41. The largest absolute Gasteiger partial charge is 0.478 e. The van der Waals surface area contributed by atoms with E-state index in [1.807, 2.05) is 6.92 Å². The van der Waals surface area contributed by atoms with Gasteiger partial charge in [-0.1, -0.05) is 30.7 Å². The second-order valence-electron chi connectivity index (χ2n) is 4.07. The van der Waals surface area contributed by atoms with E-state index in [1.165, 1.54) is 12.4 Å². The Bertz CT molecular complexity index is 540. The molecule has 1 heterocycles. The summed E-state index contributed by atoms with van der Waals surface area (Å²) in [6.07, 6.45) is 5.11. The van der Waals surface area contributed by atoms with Crippen LogP contribution >= 0.6 is 11.6 Å². The molecule has 1 aliphatic rings. The van der Waals surface area contributed by atoms with Crippen LogP contribution in [0.3, 0.4) is 0 Å². The Morgan fingerprint density at radius 2 is 2.00 bits per heavy atom. The van der Waals surface area contributed by atoms with Gasteiger partial charge < -0.3 is 5.11 Å². The third-order valence-electron chi connectivity index (χ3n) is 2.83. The van der Waals surface area contributed by atoms with Crippen LogP contribution in [0.25, 0.3) is 0 Å².